The lowest BCUT2D eigenvalue weighted by atomic mass is 10.2. The second kappa shape index (κ2) is 7.99. The van der Waals surface area contributed by atoms with Crippen molar-refractivity contribution in [2.24, 2.45) is 0 Å². The molecule has 0 aliphatic carbocycles. The van der Waals surface area contributed by atoms with Crippen LogP contribution in [0, 0.1) is 0 Å². The van der Waals surface area contributed by atoms with Crippen molar-refractivity contribution in [3.05, 3.63) is 54.6 Å². The van der Waals surface area contributed by atoms with Gasteiger partial charge >= 0.3 is 0 Å². The molecule has 0 bridgehead atoms. The van der Waals surface area contributed by atoms with E-state index in [1.54, 1.807) is 0 Å². The van der Waals surface area contributed by atoms with Crippen molar-refractivity contribution in [3.8, 4) is 11.5 Å². The third kappa shape index (κ3) is 4.71. The van der Waals surface area contributed by atoms with E-state index in [0.717, 1.165) is 35.7 Å². The fourth-order valence-electron chi connectivity index (χ4n) is 2.10. The van der Waals surface area contributed by atoms with Gasteiger partial charge in [-0.3, -0.25) is 4.21 Å². The third-order valence-electron chi connectivity index (χ3n) is 3.36. The Morgan fingerprint density at radius 2 is 1.62 bits per heavy atom. The zero-order chi connectivity index (χ0) is 15.1. The average molecular weight is 302 g/mol. The normalized spacial score (nSPS) is 13.6. The van der Waals surface area contributed by atoms with Gasteiger partial charge in [0.1, 0.15) is 11.5 Å². The zero-order valence-electron chi connectivity index (χ0n) is 12.6. The lowest BCUT2D eigenvalue weighted by molar-refractivity contribution is 0.482. The van der Waals surface area contributed by atoms with Gasteiger partial charge in [-0.15, -0.1) is 0 Å². The summed E-state index contributed by atoms with van der Waals surface area (Å²) in [5.74, 6) is 1.57. The van der Waals surface area contributed by atoms with Crippen LogP contribution in [-0.4, -0.2) is 9.46 Å². The summed E-state index contributed by atoms with van der Waals surface area (Å²) in [7, 11) is -0.940. The zero-order valence-corrected chi connectivity index (χ0v) is 13.4. The molecule has 0 heterocycles. The quantitative estimate of drug-likeness (QED) is 0.705. The van der Waals surface area contributed by atoms with Crippen LogP contribution < -0.4 is 4.74 Å². The van der Waals surface area contributed by atoms with Gasteiger partial charge in [-0.25, -0.2) is 0 Å². The highest BCUT2D eigenvalue weighted by atomic mass is 32.2. The van der Waals surface area contributed by atoms with Crippen molar-refractivity contribution >= 4 is 10.8 Å². The summed E-state index contributed by atoms with van der Waals surface area (Å²) < 4.78 is 18.1. The van der Waals surface area contributed by atoms with Crippen LogP contribution in [0.3, 0.4) is 0 Å². The smallest absolute Gasteiger partial charge is 0.127 e. The van der Waals surface area contributed by atoms with Crippen molar-refractivity contribution < 1.29 is 8.95 Å². The molecule has 112 valence electrons. The fourth-order valence-corrected chi connectivity index (χ4v) is 3.35. The lowest BCUT2D eigenvalue weighted by Gasteiger charge is -2.11. The van der Waals surface area contributed by atoms with Crippen LogP contribution in [0.2, 0.25) is 0 Å². The Morgan fingerprint density at radius 1 is 1.00 bits per heavy atom. The molecule has 0 aliphatic rings. The van der Waals surface area contributed by atoms with E-state index in [9.17, 15) is 4.21 Å². The molecule has 2 nitrogen and oxygen atoms in total. The first kappa shape index (κ1) is 15.8. The van der Waals surface area contributed by atoms with E-state index in [1.807, 2.05) is 54.6 Å². The highest BCUT2D eigenvalue weighted by Gasteiger charge is 2.12. The van der Waals surface area contributed by atoms with Crippen LogP contribution in [0.25, 0.3) is 0 Å². The molecular weight excluding hydrogens is 280 g/mol. The van der Waals surface area contributed by atoms with E-state index >= 15 is 0 Å². The molecule has 2 rings (SSSR count). The van der Waals surface area contributed by atoms with Crippen LogP contribution in [0.4, 0.5) is 0 Å². The molecule has 21 heavy (non-hydrogen) atoms. The van der Waals surface area contributed by atoms with Crippen LogP contribution in [0.15, 0.2) is 59.5 Å². The van der Waals surface area contributed by atoms with Gasteiger partial charge in [0.2, 0.25) is 0 Å². The molecular formula is C18H22O2S. The van der Waals surface area contributed by atoms with Crippen molar-refractivity contribution in [1.29, 1.82) is 0 Å². The number of benzene rings is 2. The summed E-state index contributed by atoms with van der Waals surface area (Å²) >= 11 is 0. The highest BCUT2D eigenvalue weighted by Crippen LogP contribution is 2.23. The summed E-state index contributed by atoms with van der Waals surface area (Å²) in [4.78, 5) is 0.874. The predicted octanol–water partition coefficient (Wildman–Crippen LogP) is 5.17. The Hall–Kier alpha value is -1.61. The lowest BCUT2D eigenvalue weighted by Crippen LogP contribution is -2.10. The van der Waals surface area contributed by atoms with E-state index in [4.69, 9.17) is 4.74 Å². The Bertz CT molecular complexity index is 564. The molecule has 2 atom stereocenters. The van der Waals surface area contributed by atoms with E-state index in [1.165, 1.54) is 0 Å². The Morgan fingerprint density at radius 3 is 2.24 bits per heavy atom. The number of para-hydroxylation sites is 1. The van der Waals surface area contributed by atoms with Gasteiger partial charge in [0.15, 0.2) is 0 Å². The minimum Gasteiger partial charge on any atom is -0.457 e. The first-order valence-electron chi connectivity index (χ1n) is 7.44. The van der Waals surface area contributed by atoms with Gasteiger partial charge in [0.05, 0.1) is 10.8 Å². The standard InChI is InChI=1S/C18H22O2S/c1-3-4-8-15(2)21(19)18-13-11-17(12-14-18)20-16-9-6-5-7-10-16/h5-7,9-15H,3-4,8H2,1-2H3. The topological polar surface area (TPSA) is 26.3 Å². The molecule has 0 N–H and O–H groups in total. The van der Waals surface area contributed by atoms with E-state index in [0.29, 0.717) is 0 Å². The number of hydrogen-bond donors (Lipinski definition) is 0. The van der Waals surface area contributed by atoms with Crippen molar-refractivity contribution in [1.82, 2.24) is 0 Å². The molecule has 0 aliphatic heterocycles. The SMILES string of the molecule is CCCCC(C)S(=O)c1ccc(Oc2ccccc2)cc1. The second-order valence-electron chi connectivity index (χ2n) is 5.14. The number of ether oxygens (including phenoxy) is 1. The van der Waals surface area contributed by atoms with Gasteiger partial charge in [0, 0.05) is 10.1 Å². The Labute approximate surface area is 129 Å². The molecule has 2 aromatic rings. The van der Waals surface area contributed by atoms with Crippen LogP contribution >= 0.6 is 0 Å². The number of hydrogen-bond acceptors (Lipinski definition) is 2. The molecule has 3 heteroatoms. The molecule has 0 aromatic heterocycles. The Balaban J connectivity index is 2.00. The van der Waals surface area contributed by atoms with Crippen molar-refractivity contribution in [2.45, 2.75) is 43.3 Å². The molecule has 0 fully saturated rings. The molecule has 0 saturated carbocycles. The average Bonchev–Trinajstić information content (AvgIpc) is 2.53. The highest BCUT2D eigenvalue weighted by molar-refractivity contribution is 7.85. The maximum absolute atomic E-state index is 12.4. The van der Waals surface area contributed by atoms with Gasteiger partial charge in [-0.1, -0.05) is 44.9 Å². The first-order valence-corrected chi connectivity index (χ1v) is 8.65. The minimum atomic E-state index is -0.940. The second-order valence-corrected chi connectivity index (χ2v) is 7.01. The summed E-state index contributed by atoms with van der Waals surface area (Å²) in [6.07, 6.45) is 3.28. The van der Waals surface area contributed by atoms with Gasteiger partial charge < -0.3 is 4.74 Å². The molecule has 0 radical (unpaired) electrons. The van der Waals surface area contributed by atoms with Crippen molar-refractivity contribution in [3.63, 3.8) is 0 Å². The number of rotatable bonds is 7. The van der Waals surface area contributed by atoms with Crippen molar-refractivity contribution in [2.75, 3.05) is 0 Å². The maximum Gasteiger partial charge on any atom is 0.127 e. The molecule has 2 unspecified atom stereocenters. The summed E-state index contributed by atoms with van der Waals surface area (Å²) in [6.45, 7) is 4.21. The van der Waals surface area contributed by atoms with Crippen LogP contribution in [0.5, 0.6) is 11.5 Å². The van der Waals surface area contributed by atoms with Gasteiger partial charge in [0.25, 0.3) is 0 Å². The fraction of sp³-hybridized carbons (Fsp3) is 0.333. The molecule has 0 spiro atoms. The van der Waals surface area contributed by atoms with Gasteiger partial charge in [-0.2, -0.15) is 0 Å². The van der Waals surface area contributed by atoms with E-state index < -0.39 is 10.8 Å². The van der Waals surface area contributed by atoms with Crippen LogP contribution in [-0.2, 0) is 10.8 Å². The monoisotopic (exact) mass is 302 g/mol. The third-order valence-corrected chi connectivity index (χ3v) is 5.07. The molecule has 2 aromatic carbocycles. The predicted molar refractivity (Wildman–Crippen MR) is 88.4 cm³/mol. The van der Waals surface area contributed by atoms with E-state index in [-0.39, 0.29) is 5.25 Å². The summed E-state index contributed by atoms with van der Waals surface area (Å²) in [5.41, 5.74) is 0. The Kier molecular flexibility index (Phi) is 6.00. The maximum atomic E-state index is 12.4. The summed E-state index contributed by atoms with van der Waals surface area (Å²) in [5, 5.41) is 0.200. The minimum absolute atomic E-state index is 0.200. The van der Waals surface area contributed by atoms with E-state index in [2.05, 4.69) is 13.8 Å². The summed E-state index contributed by atoms with van der Waals surface area (Å²) in [6, 6.07) is 17.2. The van der Waals surface area contributed by atoms with Crippen LogP contribution in [0.1, 0.15) is 33.1 Å². The first-order chi connectivity index (χ1) is 10.2. The molecule has 0 amide bonds. The number of unbranched alkanes of at least 4 members (excludes halogenated alkanes) is 1. The molecule has 0 saturated heterocycles. The largest absolute Gasteiger partial charge is 0.457 e. The van der Waals surface area contributed by atoms with Gasteiger partial charge in [-0.05, 0) is 42.8 Å².